The number of benzene rings is 1. The largest absolute Gasteiger partial charge is 0.272 e. The minimum absolute atomic E-state index is 0.289. The number of aryl methyl sites for hydroxylation is 1. The molecule has 0 amide bonds. The summed E-state index contributed by atoms with van der Waals surface area (Å²) in [5.41, 5.74) is 1.33. The Hall–Kier alpha value is -1.92. The molecule has 0 unspecified atom stereocenters. The van der Waals surface area contributed by atoms with Crippen molar-refractivity contribution in [2.45, 2.75) is 43.5 Å². The molecule has 134 valence electrons. The molecule has 1 aliphatic rings. The summed E-state index contributed by atoms with van der Waals surface area (Å²) in [5.74, 6) is 0.834. The second-order valence-corrected chi connectivity index (χ2v) is 8.56. The highest BCUT2D eigenvalue weighted by molar-refractivity contribution is 7.89. The van der Waals surface area contributed by atoms with Crippen LogP contribution in [0.2, 0.25) is 0 Å². The molecule has 1 aliphatic heterocycles. The summed E-state index contributed by atoms with van der Waals surface area (Å²) in [4.78, 5) is 3.41. The predicted octanol–water partition coefficient (Wildman–Crippen LogP) is 2.72. The lowest BCUT2D eigenvalue weighted by Crippen LogP contribution is -2.29. The number of sulfonamides is 1. The van der Waals surface area contributed by atoms with Crippen molar-refractivity contribution in [1.82, 2.24) is 4.31 Å². The fourth-order valence-electron chi connectivity index (χ4n) is 3.10. The van der Waals surface area contributed by atoms with Gasteiger partial charge in [-0.05, 0) is 44.2 Å². The van der Waals surface area contributed by atoms with E-state index in [2.05, 4.69) is 41.5 Å². The number of nitrogens with zero attached hydrogens (tertiary/aromatic N) is 1. The van der Waals surface area contributed by atoms with E-state index >= 15 is 0 Å². The Morgan fingerprint density at radius 2 is 1.84 bits per heavy atom. The third-order valence-electron chi connectivity index (χ3n) is 4.60. The molecule has 2 heterocycles. The van der Waals surface area contributed by atoms with E-state index in [0.29, 0.717) is 18.0 Å². The van der Waals surface area contributed by atoms with Crippen LogP contribution in [0, 0.1) is 0 Å². The molecule has 1 aromatic heterocycles. The highest BCUT2D eigenvalue weighted by Gasteiger charge is 2.28. The molecule has 6 heteroatoms. The van der Waals surface area contributed by atoms with Crippen LogP contribution in [0.15, 0.2) is 53.6 Å². The van der Waals surface area contributed by atoms with Crippen LogP contribution in [0.4, 0.5) is 5.82 Å². The number of nitrogens with one attached hydrogen (secondary N) is 2. The van der Waals surface area contributed by atoms with Gasteiger partial charge in [0.2, 0.25) is 10.0 Å². The zero-order chi connectivity index (χ0) is 17.7. The molecule has 1 saturated heterocycles. The monoisotopic (exact) mass is 360 g/mol. The lowest BCUT2D eigenvalue weighted by molar-refractivity contribution is -0.364. The number of rotatable bonds is 7. The van der Waals surface area contributed by atoms with Gasteiger partial charge in [0, 0.05) is 19.2 Å². The maximum absolute atomic E-state index is 12.5. The minimum atomic E-state index is -3.36. The van der Waals surface area contributed by atoms with Gasteiger partial charge in [0.1, 0.15) is 11.1 Å². The van der Waals surface area contributed by atoms with Gasteiger partial charge in [0.15, 0.2) is 0 Å². The molecule has 1 aromatic carbocycles. The first kappa shape index (κ1) is 17.9. The van der Waals surface area contributed by atoms with E-state index in [1.54, 1.807) is 16.6 Å². The average molecular weight is 361 g/mol. The molecular formula is C19H26N3O2S+. The van der Waals surface area contributed by atoms with Crippen molar-refractivity contribution in [2.75, 3.05) is 18.4 Å². The maximum atomic E-state index is 12.5. The van der Waals surface area contributed by atoms with Crippen LogP contribution in [-0.4, -0.2) is 31.9 Å². The summed E-state index contributed by atoms with van der Waals surface area (Å²) in [6.45, 7) is 3.38. The van der Waals surface area contributed by atoms with Crippen LogP contribution >= 0.6 is 0 Å². The van der Waals surface area contributed by atoms with Gasteiger partial charge < -0.3 is 0 Å². The van der Waals surface area contributed by atoms with Crippen molar-refractivity contribution in [2.24, 2.45) is 0 Å². The van der Waals surface area contributed by atoms with Crippen molar-refractivity contribution in [1.29, 1.82) is 0 Å². The molecule has 25 heavy (non-hydrogen) atoms. The topological polar surface area (TPSA) is 63.6 Å². The third kappa shape index (κ3) is 4.58. The average Bonchev–Trinajstić information content (AvgIpc) is 3.17. The molecule has 5 nitrogen and oxygen atoms in total. The summed E-state index contributed by atoms with van der Waals surface area (Å²) < 4.78 is 26.6. The van der Waals surface area contributed by atoms with Crippen LogP contribution < -0.4 is 10.3 Å². The standard InChI is InChI=1S/C19H25N3O2S/c1-16(9-10-17-7-3-2-4-8-17)21-19-12-11-18(15-20-19)25(23,24)22-13-5-6-14-22/h2-4,7-8,11-12,15-16H,5-6,9-10,13-14H2,1H3,(H,20,21)/p+1/t16-/m0/s1. The molecule has 2 N–H and O–H groups in total. The number of aromatic amines is 1. The molecule has 3 rings (SSSR count). The highest BCUT2D eigenvalue weighted by Crippen LogP contribution is 2.20. The zero-order valence-corrected chi connectivity index (χ0v) is 15.4. The van der Waals surface area contributed by atoms with E-state index in [4.69, 9.17) is 0 Å². The van der Waals surface area contributed by atoms with E-state index < -0.39 is 10.0 Å². The Bertz CT molecular complexity index is 770. The Labute approximate surface area is 150 Å². The maximum Gasteiger partial charge on any atom is 0.272 e. The fourth-order valence-corrected chi connectivity index (χ4v) is 4.59. The molecule has 0 aliphatic carbocycles. The van der Waals surface area contributed by atoms with E-state index in [1.807, 2.05) is 12.1 Å². The second kappa shape index (κ2) is 7.97. The van der Waals surface area contributed by atoms with Gasteiger partial charge >= 0.3 is 0 Å². The summed E-state index contributed by atoms with van der Waals surface area (Å²) in [5, 5.41) is 3.40. The predicted molar refractivity (Wildman–Crippen MR) is 98.8 cm³/mol. The van der Waals surface area contributed by atoms with Crippen LogP contribution in [0.1, 0.15) is 31.7 Å². The van der Waals surface area contributed by atoms with Crippen molar-refractivity contribution < 1.29 is 13.4 Å². The first-order valence-corrected chi connectivity index (χ1v) is 10.3. The van der Waals surface area contributed by atoms with Gasteiger partial charge in [-0.25, -0.2) is 13.4 Å². The van der Waals surface area contributed by atoms with Gasteiger partial charge in [-0.2, -0.15) is 4.31 Å². The molecule has 0 saturated carbocycles. The molecule has 2 aromatic rings. The number of H-pyrrole nitrogens is 1. The highest BCUT2D eigenvalue weighted by atomic mass is 32.2. The molecule has 0 bridgehead atoms. The lowest BCUT2D eigenvalue weighted by atomic mass is 10.1. The number of anilines is 1. The van der Waals surface area contributed by atoms with Crippen LogP contribution in [0.25, 0.3) is 0 Å². The summed E-state index contributed by atoms with van der Waals surface area (Å²) in [7, 11) is -3.36. The Balaban J connectivity index is 1.57. The Morgan fingerprint density at radius 1 is 1.12 bits per heavy atom. The molecule has 0 spiro atoms. The van der Waals surface area contributed by atoms with Gasteiger partial charge in [-0.3, -0.25) is 5.32 Å². The summed E-state index contributed by atoms with van der Waals surface area (Å²) in [6, 6.07) is 14.2. The number of pyridine rings is 1. The number of hydrogen-bond acceptors (Lipinski definition) is 3. The lowest BCUT2D eigenvalue weighted by Gasteiger charge is -2.14. The normalized spacial score (nSPS) is 16.7. The van der Waals surface area contributed by atoms with E-state index in [9.17, 15) is 8.42 Å². The minimum Gasteiger partial charge on any atom is -0.272 e. The van der Waals surface area contributed by atoms with Crippen LogP contribution in [-0.2, 0) is 16.4 Å². The number of hydrogen-bond donors (Lipinski definition) is 1. The first-order chi connectivity index (χ1) is 12.1. The quantitative estimate of drug-likeness (QED) is 0.826. The molecule has 1 fully saturated rings. The second-order valence-electron chi connectivity index (χ2n) is 6.62. The van der Waals surface area contributed by atoms with Crippen molar-refractivity contribution in [3.63, 3.8) is 0 Å². The van der Waals surface area contributed by atoms with Crippen molar-refractivity contribution in [3.05, 3.63) is 54.2 Å². The third-order valence-corrected chi connectivity index (χ3v) is 6.49. The van der Waals surface area contributed by atoms with Gasteiger partial charge in [0.25, 0.3) is 5.82 Å². The van der Waals surface area contributed by atoms with Crippen molar-refractivity contribution in [3.8, 4) is 0 Å². The van der Waals surface area contributed by atoms with E-state index in [0.717, 1.165) is 31.5 Å². The van der Waals surface area contributed by atoms with E-state index in [-0.39, 0.29) is 6.04 Å². The summed E-state index contributed by atoms with van der Waals surface area (Å²) in [6.07, 6.45) is 5.49. The summed E-state index contributed by atoms with van der Waals surface area (Å²) >= 11 is 0. The van der Waals surface area contributed by atoms with Gasteiger partial charge in [0.05, 0.1) is 6.04 Å². The molecular weight excluding hydrogens is 334 g/mol. The molecule has 1 atom stereocenters. The van der Waals surface area contributed by atoms with Gasteiger partial charge in [-0.1, -0.05) is 30.3 Å². The Morgan fingerprint density at radius 3 is 2.48 bits per heavy atom. The Kier molecular flexibility index (Phi) is 5.71. The van der Waals surface area contributed by atoms with Crippen LogP contribution in [0.5, 0.6) is 0 Å². The first-order valence-electron chi connectivity index (χ1n) is 8.88. The zero-order valence-electron chi connectivity index (χ0n) is 14.6. The van der Waals surface area contributed by atoms with Gasteiger partial charge in [-0.15, -0.1) is 0 Å². The van der Waals surface area contributed by atoms with Crippen molar-refractivity contribution >= 4 is 15.8 Å². The SMILES string of the molecule is C[C@@H](CCc1ccccc1)Nc1ccc(S(=O)(=O)N2CCCC2)c[nH+]1. The fraction of sp³-hybridized carbons (Fsp3) is 0.421. The van der Waals surface area contributed by atoms with Crippen LogP contribution in [0.3, 0.4) is 0 Å². The number of aromatic nitrogens is 1. The smallest absolute Gasteiger partial charge is 0.272 e. The molecule has 0 radical (unpaired) electrons. The van der Waals surface area contributed by atoms with E-state index in [1.165, 1.54) is 5.56 Å².